The van der Waals surface area contributed by atoms with E-state index in [-0.39, 0.29) is 5.82 Å². The fourth-order valence-corrected chi connectivity index (χ4v) is 1.46. The summed E-state index contributed by atoms with van der Waals surface area (Å²) in [6, 6.07) is 5.91. The van der Waals surface area contributed by atoms with Crippen molar-refractivity contribution in [2.75, 3.05) is 11.9 Å². The van der Waals surface area contributed by atoms with E-state index in [2.05, 4.69) is 5.32 Å². The summed E-state index contributed by atoms with van der Waals surface area (Å²) in [6.45, 7) is 0.411. The first-order chi connectivity index (χ1) is 7.12. The predicted molar refractivity (Wildman–Crippen MR) is 54.2 cm³/mol. The van der Waals surface area contributed by atoms with E-state index in [1.165, 1.54) is 12.1 Å². The Morgan fingerprint density at radius 2 is 2.00 bits per heavy atom. The Hall–Kier alpha value is -1.58. The number of carboxylic acid groups (broad SMARTS) is 1. The van der Waals surface area contributed by atoms with Crippen molar-refractivity contribution >= 4 is 11.7 Å². The molecule has 0 radical (unpaired) electrons. The Bertz CT molecular complexity index is 371. The van der Waals surface area contributed by atoms with Crippen LogP contribution in [-0.4, -0.2) is 17.6 Å². The molecule has 80 valence electrons. The molecule has 2 rings (SSSR count). The van der Waals surface area contributed by atoms with Gasteiger partial charge < -0.3 is 10.4 Å². The Morgan fingerprint density at radius 3 is 2.47 bits per heavy atom. The number of rotatable bonds is 4. The van der Waals surface area contributed by atoms with Gasteiger partial charge in [-0.3, -0.25) is 4.79 Å². The number of hydrogen-bond acceptors (Lipinski definition) is 2. The smallest absolute Gasteiger partial charge is 0.311 e. The number of hydrogen-bond donors (Lipinski definition) is 2. The summed E-state index contributed by atoms with van der Waals surface area (Å²) >= 11 is 0. The topological polar surface area (TPSA) is 49.3 Å². The molecule has 4 heteroatoms. The van der Waals surface area contributed by atoms with Crippen LogP contribution < -0.4 is 5.32 Å². The van der Waals surface area contributed by atoms with Crippen molar-refractivity contribution in [3.05, 3.63) is 30.1 Å². The number of aliphatic carboxylic acids is 1. The van der Waals surface area contributed by atoms with Gasteiger partial charge in [-0.15, -0.1) is 0 Å². The van der Waals surface area contributed by atoms with Gasteiger partial charge in [0.1, 0.15) is 5.82 Å². The largest absolute Gasteiger partial charge is 0.481 e. The Labute approximate surface area is 86.9 Å². The number of carbonyl (C=O) groups is 1. The predicted octanol–water partition coefficient (Wildman–Crippen LogP) is 2.10. The van der Waals surface area contributed by atoms with Crippen molar-refractivity contribution in [3.8, 4) is 0 Å². The SMILES string of the molecule is O=C(O)C1(CNc2ccc(F)cc2)CC1. The summed E-state index contributed by atoms with van der Waals surface area (Å²) < 4.78 is 12.6. The quantitative estimate of drug-likeness (QED) is 0.798. The molecule has 0 aromatic heterocycles. The molecule has 0 amide bonds. The lowest BCUT2D eigenvalue weighted by Crippen LogP contribution is -2.24. The lowest BCUT2D eigenvalue weighted by atomic mass is 10.1. The molecule has 3 nitrogen and oxygen atoms in total. The van der Waals surface area contributed by atoms with Crippen LogP contribution in [0.2, 0.25) is 0 Å². The van der Waals surface area contributed by atoms with Gasteiger partial charge in [0.2, 0.25) is 0 Å². The molecule has 2 N–H and O–H groups in total. The van der Waals surface area contributed by atoms with Crippen molar-refractivity contribution in [2.45, 2.75) is 12.8 Å². The van der Waals surface area contributed by atoms with Gasteiger partial charge in [0.25, 0.3) is 0 Å². The fourth-order valence-electron chi connectivity index (χ4n) is 1.46. The third-order valence-electron chi connectivity index (χ3n) is 2.78. The third kappa shape index (κ3) is 2.09. The molecule has 1 saturated carbocycles. The summed E-state index contributed by atoms with van der Waals surface area (Å²) in [5, 5.41) is 11.9. The molecule has 0 heterocycles. The average molecular weight is 209 g/mol. The van der Waals surface area contributed by atoms with Gasteiger partial charge in [-0.25, -0.2) is 4.39 Å². The molecule has 0 atom stereocenters. The van der Waals surface area contributed by atoms with E-state index in [0.29, 0.717) is 6.54 Å². The van der Waals surface area contributed by atoms with E-state index in [1.54, 1.807) is 12.1 Å². The molecular weight excluding hydrogens is 197 g/mol. The maximum atomic E-state index is 12.6. The molecule has 1 aromatic rings. The van der Waals surface area contributed by atoms with Crippen molar-refractivity contribution < 1.29 is 14.3 Å². The molecule has 0 unspecified atom stereocenters. The standard InChI is InChI=1S/C11H12FNO2/c12-8-1-3-9(4-2-8)13-7-11(5-6-11)10(14)15/h1-4,13H,5-7H2,(H,14,15). The lowest BCUT2D eigenvalue weighted by Gasteiger charge is -2.11. The minimum atomic E-state index is -0.753. The van der Waals surface area contributed by atoms with Crippen LogP contribution in [0.3, 0.4) is 0 Å². The summed E-state index contributed by atoms with van der Waals surface area (Å²) in [6.07, 6.45) is 1.44. The van der Waals surface area contributed by atoms with Crippen molar-refractivity contribution in [3.63, 3.8) is 0 Å². The fraction of sp³-hybridized carbons (Fsp3) is 0.364. The van der Waals surface area contributed by atoms with Crippen LogP contribution in [0, 0.1) is 11.2 Å². The van der Waals surface area contributed by atoms with Crippen molar-refractivity contribution in [1.82, 2.24) is 0 Å². The molecular formula is C11H12FNO2. The first kappa shape index (κ1) is 9.96. The average Bonchev–Trinajstić information content (AvgIpc) is 2.98. The van der Waals surface area contributed by atoms with Gasteiger partial charge in [0.05, 0.1) is 5.41 Å². The first-order valence-corrected chi connectivity index (χ1v) is 4.85. The lowest BCUT2D eigenvalue weighted by molar-refractivity contribution is -0.142. The number of anilines is 1. The van der Waals surface area contributed by atoms with E-state index in [9.17, 15) is 9.18 Å². The third-order valence-corrected chi connectivity index (χ3v) is 2.78. The zero-order chi connectivity index (χ0) is 10.9. The molecule has 15 heavy (non-hydrogen) atoms. The first-order valence-electron chi connectivity index (χ1n) is 4.85. The zero-order valence-electron chi connectivity index (χ0n) is 8.16. The number of nitrogens with one attached hydrogen (secondary N) is 1. The monoisotopic (exact) mass is 209 g/mol. The Balaban J connectivity index is 1.94. The summed E-state index contributed by atoms with van der Waals surface area (Å²) in [7, 11) is 0. The van der Waals surface area contributed by atoms with Crippen LogP contribution in [0.15, 0.2) is 24.3 Å². The molecule has 1 aromatic carbocycles. The maximum Gasteiger partial charge on any atom is 0.311 e. The van der Waals surface area contributed by atoms with E-state index in [0.717, 1.165) is 18.5 Å². The second-order valence-corrected chi connectivity index (χ2v) is 3.95. The number of halogens is 1. The number of carboxylic acids is 1. The van der Waals surface area contributed by atoms with E-state index in [1.807, 2.05) is 0 Å². The van der Waals surface area contributed by atoms with Gasteiger partial charge >= 0.3 is 5.97 Å². The van der Waals surface area contributed by atoms with Crippen molar-refractivity contribution in [1.29, 1.82) is 0 Å². The van der Waals surface area contributed by atoms with Crippen LogP contribution in [-0.2, 0) is 4.79 Å². The normalized spacial score (nSPS) is 17.1. The molecule has 0 saturated heterocycles. The molecule has 1 aliphatic rings. The summed E-state index contributed by atoms with van der Waals surface area (Å²) in [4.78, 5) is 10.9. The van der Waals surface area contributed by atoms with Gasteiger partial charge in [-0.05, 0) is 37.1 Å². The molecule has 0 aliphatic heterocycles. The second-order valence-electron chi connectivity index (χ2n) is 3.95. The molecule has 0 spiro atoms. The zero-order valence-corrected chi connectivity index (χ0v) is 8.16. The molecule has 0 bridgehead atoms. The van der Waals surface area contributed by atoms with Crippen LogP contribution in [0.25, 0.3) is 0 Å². The van der Waals surface area contributed by atoms with E-state index < -0.39 is 11.4 Å². The summed E-state index contributed by atoms with van der Waals surface area (Å²) in [5.41, 5.74) is 0.165. The second kappa shape index (κ2) is 3.53. The summed E-state index contributed by atoms with van der Waals surface area (Å²) in [5.74, 6) is -1.04. The highest BCUT2D eigenvalue weighted by molar-refractivity contribution is 5.78. The maximum absolute atomic E-state index is 12.6. The minimum Gasteiger partial charge on any atom is -0.481 e. The highest BCUT2D eigenvalue weighted by atomic mass is 19.1. The van der Waals surface area contributed by atoms with Crippen LogP contribution >= 0.6 is 0 Å². The van der Waals surface area contributed by atoms with Gasteiger partial charge in [-0.2, -0.15) is 0 Å². The van der Waals surface area contributed by atoms with Crippen molar-refractivity contribution in [2.24, 2.45) is 5.41 Å². The highest BCUT2D eigenvalue weighted by Crippen LogP contribution is 2.45. The molecule has 1 aliphatic carbocycles. The van der Waals surface area contributed by atoms with Crippen LogP contribution in [0.4, 0.5) is 10.1 Å². The van der Waals surface area contributed by atoms with Crippen LogP contribution in [0.1, 0.15) is 12.8 Å². The van der Waals surface area contributed by atoms with Crippen LogP contribution in [0.5, 0.6) is 0 Å². The Kier molecular flexibility index (Phi) is 2.34. The van der Waals surface area contributed by atoms with E-state index >= 15 is 0 Å². The van der Waals surface area contributed by atoms with Gasteiger partial charge in [-0.1, -0.05) is 0 Å². The van der Waals surface area contributed by atoms with E-state index in [4.69, 9.17) is 5.11 Å². The molecule has 1 fully saturated rings. The Morgan fingerprint density at radius 1 is 1.40 bits per heavy atom. The van der Waals surface area contributed by atoms with Gasteiger partial charge in [0.15, 0.2) is 0 Å². The number of benzene rings is 1. The highest BCUT2D eigenvalue weighted by Gasteiger charge is 2.49. The van der Waals surface area contributed by atoms with Gasteiger partial charge in [0, 0.05) is 12.2 Å². The minimum absolute atomic E-state index is 0.292.